The summed E-state index contributed by atoms with van der Waals surface area (Å²) >= 11 is 6.43. The van der Waals surface area contributed by atoms with Crippen LogP contribution in [0.25, 0.3) is 0 Å². The van der Waals surface area contributed by atoms with Crippen LogP contribution in [0.1, 0.15) is 37.7 Å². The molecule has 0 spiro atoms. The maximum Gasteiger partial charge on any atom is 0.179 e. The molecule has 126 valence electrons. The third-order valence-corrected chi connectivity index (χ3v) is 5.52. The van der Waals surface area contributed by atoms with E-state index in [9.17, 15) is 0 Å². The van der Waals surface area contributed by atoms with Gasteiger partial charge in [0, 0.05) is 31.6 Å². The van der Waals surface area contributed by atoms with Crippen LogP contribution in [-0.2, 0) is 6.54 Å². The van der Waals surface area contributed by atoms with E-state index in [-0.39, 0.29) is 0 Å². The summed E-state index contributed by atoms with van der Waals surface area (Å²) in [5.41, 5.74) is 1.23. The molecular formula is C18H25ClN2O2. The lowest BCUT2D eigenvalue weighted by Crippen LogP contribution is -2.40. The third kappa shape index (κ3) is 3.30. The second-order valence-corrected chi connectivity index (χ2v) is 7.25. The second-order valence-electron chi connectivity index (χ2n) is 6.84. The summed E-state index contributed by atoms with van der Waals surface area (Å²) in [7, 11) is 0. The lowest BCUT2D eigenvalue weighted by Gasteiger charge is -2.27. The van der Waals surface area contributed by atoms with E-state index in [0.717, 1.165) is 25.3 Å². The van der Waals surface area contributed by atoms with Crippen molar-refractivity contribution < 1.29 is 9.47 Å². The molecule has 23 heavy (non-hydrogen) atoms. The van der Waals surface area contributed by atoms with Gasteiger partial charge in [-0.25, -0.2) is 0 Å². The minimum Gasteiger partial charge on any atom is -0.489 e. The highest BCUT2D eigenvalue weighted by atomic mass is 35.5. The van der Waals surface area contributed by atoms with Crippen LogP contribution in [0.5, 0.6) is 11.5 Å². The number of fused-ring (bicyclic) bond motifs is 2. The quantitative estimate of drug-likeness (QED) is 0.899. The van der Waals surface area contributed by atoms with Gasteiger partial charge in [-0.15, -0.1) is 0 Å². The van der Waals surface area contributed by atoms with E-state index in [1.165, 1.54) is 37.8 Å². The van der Waals surface area contributed by atoms with E-state index in [2.05, 4.69) is 16.3 Å². The molecular weight excluding hydrogens is 312 g/mol. The Morgan fingerprint density at radius 2 is 2.04 bits per heavy atom. The standard InChI is InChI=1S/C18H25ClN2O2/c19-14-10-13(11-17-18(14)23-9-3-8-22-17)12-21-7-5-15-16(21)4-1-2-6-20-15/h10-11,15-16,20H,1-9,12H2/t15-,16-/m1/s1. The molecule has 0 amide bonds. The molecule has 2 atom stereocenters. The molecule has 4 nitrogen and oxygen atoms in total. The van der Waals surface area contributed by atoms with Crippen molar-refractivity contribution in [1.29, 1.82) is 0 Å². The molecule has 3 aliphatic rings. The molecule has 0 aliphatic carbocycles. The third-order valence-electron chi connectivity index (χ3n) is 5.24. The highest BCUT2D eigenvalue weighted by Gasteiger charge is 2.34. The molecule has 0 unspecified atom stereocenters. The van der Waals surface area contributed by atoms with Gasteiger partial charge in [0.25, 0.3) is 0 Å². The van der Waals surface area contributed by atoms with Crippen molar-refractivity contribution in [2.75, 3.05) is 26.3 Å². The van der Waals surface area contributed by atoms with Crippen LogP contribution >= 0.6 is 11.6 Å². The van der Waals surface area contributed by atoms with Gasteiger partial charge in [-0.1, -0.05) is 18.0 Å². The van der Waals surface area contributed by atoms with Crippen molar-refractivity contribution in [3.05, 3.63) is 22.7 Å². The molecule has 1 N–H and O–H groups in total. The van der Waals surface area contributed by atoms with Crippen molar-refractivity contribution in [2.24, 2.45) is 0 Å². The normalized spacial score (nSPS) is 28.0. The molecule has 1 aromatic carbocycles. The number of hydrogen-bond acceptors (Lipinski definition) is 4. The van der Waals surface area contributed by atoms with Crippen LogP contribution in [0.15, 0.2) is 12.1 Å². The van der Waals surface area contributed by atoms with Crippen LogP contribution in [0.3, 0.4) is 0 Å². The average molecular weight is 337 g/mol. The van der Waals surface area contributed by atoms with E-state index >= 15 is 0 Å². The SMILES string of the molecule is Clc1cc(CN2CC[C@H]3NCCCC[C@H]32)cc2c1OCCCO2. The van der Waals surface area contributed by atoms with E-state index in [4.69, 9.17) is 21.1 Å². The summed E-state index contributed by atoms with van der Waals surface area (Å²) in [6.45, 7) is 4.65. The van der Waals surface area contributed by atoms with Gasteiger partial charge in [0.15, 0.2) is 11.5 Å². The molecule has 0 aromatic heterocycles. The number of nitrogens with one attached hydrogen (secondary N) is 1. The molecule has 3 aliphatic heterocycles. The zero-order valence-electron chi connectivity index (χ0n) is 13.5. The summed E-state index contributed by atoms with van der Waals surface area (Å²) in [5.74, 6) is 1.52. The minimum absolute atomic E-state index is 0.659. The molecule has 0 radical (unpaired) electrons. The summed E-state index contributed by atoms with van der Waals surface area (Å²) in [6, 6.07) is 5.48. The molecule has 1 aromatic rings. The van der Waals surface area contributed by atoms with Gasteiger partial charge < -0.3 is 14.8 Å². The molecule has 2 fully saturated rings. The second kappa shape index (κ2) is 6.88. The van der Waals surface area contributed by atoms with Gasteiger partial charge in [0.1, 0.15) is 0 Å². The van der Waals surface area contributed by atoms with Crippen molar-refractivity contribution in [3.8, 4) is 11.5 Å². The van der Waals surface area contributed by atoms with E-state index in [0.29, 0.717) is 36.1 Å². The predicted octanol–water partition coefficient (Wildman–Crippen LogP) is 3.22. The molecule has 4 rings (SSSR count). The zero-order valence-corrected chi connectivity index (χ0v) is 14.3. The summed E-state index contributed by atoms with van der Waals surface area (Å²) in [5, 5.41) is 4.39. The van der Waals surface area contributed by atoms with Gasteiger partial charge in [-0.05, 0) is 43.5 Å². The van der Waals surface area contributed by atoms with Crippen molar-refractivity contribution in [1.82, 2.24) is 10.2 Å². The maximum atomic E-state index is 6.43. The maximum absolute atomic E-state index is 6.43. The molecule has 5 heteroatoms. The Bertz CT molecular complexity index is 566. The Kier molecular flexibility index (Phi) is 4.65. The molecule has 0 bridgehead atoms. The summed E-state index contributed by atoms with van der Waals surface area (Å²) in [6.07, 6.45) is 6.09. The molecule has 3 heterocycles. The van der Waals surface area contributed by atoms with Crippen LogP contribution in [0, 0.1) is 0 Å². The lowest BCUT2D eigenvalue weighted by atomic mass is 10.0. The largest absolute Gasteiger partial charge is 0.489 e. The van der Waals surface area contributed by atoms with Crippen molar-refractivity contribution in [3.63, 3.8) is 0 Å². The predicted molar refractivity (Wildman–Crippen MR) is 91.5 cm³/mol. The smallest absolute Gasteiger partial charge is 0.179 e. The van der Waals surface area contributed by atoms with E-state index < -0.39 is 0 Å². The Labute approximate surface area is 143 Å². The fourth-order valence-corrected chi connectivity index (χ4v) is 4.40. The first-order chi connectivity index (χ1) is 11.3. The lowest BCUT2D eigenvalue weighted by molar-refractivity contribution is 0.220. The van der Waals surface area contributed by atoms with Gasteiger partial charge in [-0.2, -0.15) is 0 Å². The monoisotopic (exact) mass is 336 g/mol. The van der Waals surface area contributed by atoms with Crippen LogP contribution in [0.2, 0.25) is 5.02 Å². The topological polar surface area (TPSA) is 33.7 Å². The summed E-state index contributed by atoms with van der Waals surface area (Å²) < 4.78 is 11.5. The van der Waals surface area contributed by atoms with Crippen LogP contribution in [-0.4, -0.2) is 43.3 Å². The highest BCUT2D eigenvalue weighted by Crippen LogP contribution is 2.39. The fraction of sp³-hybridized carbons (Fsp3) is 0.667. The molecule has 0 saturated carbocycles. The molecule has 2 saturated heterocycles. The van der Waals surface area contributed by atoms with Gasteiger partial charge in [0.05, 0.1) is 18.2 Å². The number of likely N-dealkylation sites (tertiary alicyclic amines) is 1. The Balaban J connectivity index is 1.52. The number of ether oxygens (including phenoxy) is 2. The Morgan fingerprint density at radius 3 is 3.00 bits per heavy atom. The van der Waals surface area contributed by atoms with Crippen molar-refractivity contribution in [2.45, 2.75) is 50.7 Å². The first-order valence-electron chi connectivity index (χ1n) is 8.87. The number of halogens is 1. The minimum atomic E-state index is 0.659. The van der Waals surface area contributed by atoms with Gasteiger partial charge in [-0.3, -0.25) is 4.90 Å². The van der Waals surface area contributed by atoms with Crippen LogP contribution < -0.4 is 14.8 Å². The zero-order chi connectivity index (χ0) is 15.6. The number of rotatable bonds is 2. The van der Waals surface area contributed by atoms with E-state index in [1.54, 1.807) is 0 Å². The number of nitrogens with zero attached hydrogens (tertiary/aromatic N) is 1. The summed E-state index contributed by atoms with van der Waals surface area (Å²) in [4.78, 5) is 2.61. The van der Waals surface area contributed by atoms with Crippen molar-refractivity contribution >= 4 is 11.6 Å². The van der Waals surface area contributed by atoms with Gasteiger partial charge >= 0.3 is 0 Å². The first kappa shape index (κ1) is 15.6. The fourth-order valence-electron chi connectivity index (χ4n) is 4.11. The average Bonchev–Trinajstić information content (AvgIpc) is 2.76. The number of hydrogen-bond donors (Lipinski definition) is 1. The first-order valence-corrected chi connectivity index (χ1v) is 9.24. The van der Waals surface area contributed by atoms with Gasteiger partial charge in [0.2, 0.25) is 0 Å². The van der Waals surface area contributed by atoms with Crippen LogP contribution in [0.4, 0.5) is 0 Å². The van der Waals surface area contributed by atoms with E-state index in [1.807, 2.05) is 6.07 Å². The highest BCUT2D eigenvalue weighted by molar-refractivity contribution is 6.32. The Hall–Kier alpha value is -0.970. The number of benzene rings is 1. The Morgan fingerprint density at radius 1 is 1.13 bits per heavy atom.